The first-order valence-corrected chi connectivity index (χ1v) is 11.0. The van der Waals surface area contributed by atoms with Gasteiger partial charge in [0.1, 0.15) is 18.2 Å². The van der Waals surface area contributed by atoms with Gasteiger partial charge in [-0.05, 0) is 41.8 Å². The molecule has 3 aromatic rings. The van der Waals surface area contributed by atoms with E-state index >= 15 is 0 Å². The Morgan fingerprint density at radius 3 is 2.25 bits per heavy atom. The second kappa shape index (κ2) is 11.7. The number of hydrogen-bond donors (Lipinski definition) is 1. The standard InChI is InChI=1S/C26H23BrN2O3/c1-2-31-24-14-21(23(27)15-25(24)32-18-20-11-7-4-8-12-20)13-22(16-28)26(30)29-17-19-9-5-3-6-10-19/h3-15H,2,17-18H2,1H3,(H,29,30)/b22-13+. The number of nitrogens with zero attached hydrogens (tertiary/aromatic N) is 1. The fourth-order valence-electron chi connectivity index (χ4n) is 2.96. The summed E-state index contributed by atoms with van der Waals surface area (Å²) in [6.07, 6.45) is 1.54. The molecule has 0 fully saturated rings. The highest BCUT2D eigenvalue weighted by Crippen LogP contribution is 2.35. The number of carbonyl (C=O) groups excluding carboxylic acids is 1. The summed E-state index contributed by atoms with van der Waals surface area (Å²) < 4.78 is 12.4. The number of halogens is 1. The number of nitrogens with one attached hydrogen (secondary N) is 1. The molecule has 0 aliphatic heterocycles. The lowest BCUT2D eigenvalue weighted by Crippen LogP contribution is -2.23. The molecule has 1 amide bonds. The predicted molar refractivity (Wildman–Crippen MR) is 128 cm³/mol. The summed E-state index contributed by atoms with van der Waals surface area (Å²) in [6, 6.07) is 24.9. The van der Waals surface area contributed by atoms with Gasteiger partial charge in [-0.15, -0.1) is 0 Å². The second-order valence-electron chi connectivity index (χ2n) is 6.87. The summed E-state index contributed by atoms with van der Waals surface area (Å²) >= 11 is 3.52. The third-order valence-electron chi connectivity index (χ3n) is 4.56. The summed E-state index contributed by atoms with van der Waals surface area (Å²) in [6.45, 7) is 3.08. The zero-order chi connectivity index (χ0) is 22.8. The quantitative estimate of drug-likeness (QED) is 0.310. The van der Waals surface area contributed by atoms with E-state index < -0.39 is 5.91 Å². The normalized spacial score (nSPS) is 10.8. The summed E-state index contributed by atoms with van der Waals surface area (Å²) in [5.74, 6) is 0.678. The Bertz CT molecular complexity index is 1120. The van der Waals surface area contributed by atoms with Crippen LogP contribution in [0.25, 0.3) is 6.08 Å². The van der Waals surface area contributed by atoms with E-state index in [1.165, 1.54) is 6.08 Å². The molecule has 0 atom stereocenters. The van der Waals surface area contributed by atoms with Crippen molar-refractivity contribution in [2.75, 3.05) is 6.61 Å². The first-order chi connectivity index (χ1) is 15.6. The highest BCUT2D eigenvalue weighted by molar-refractivity contribution is 9.10. The van der Waals surface area contributed by atoms with Gasteiger partial charge in [-0.2, -0.15) is 5.26 Å². The Morgan fingerprint density at radius 1 is 1.00 bits per heavy atom. The first kappa shape index (κ1) is 23.1. The highest BCUT2D eigenvalue weighted by atomic mass is 79.9. The summed E-state index contributed by atoms with van der Waals surface area (Å²) in [5, 5.41) is 12.3. The average molecular weight is 491 g/mol. The van der Waals surface area contributed by atoms with Crippen molar-refractivity contribution in [3.05, 3.63) is 99.5 Å². The van der Waals surface area contributed by atoms with Gasteiger partial charge in [0.2, 0.25) is 0 Å². The van der Waals surface area contributed by atoms with Gasteiger partial charge in [0.15, 0.2) is 11.5 Å². The van der Waals surface area contributed by atoms with Crippen LogP contribution in [0.15, 0.2) is 82.8 Å². The molecule has 0 saturated carbocycles. The largest absolute Gasteiger partial charge is 0.490 e. The van der Waals surface area contributed by atoms with Gasteiger partial charge < -0.3 is 14.8 Å². The molecule has 3 aromatic carbocycles. The summed E-state index contributed by atoms with van der Waals surface area (Å²) in [4.78, 5) is 12.5. The third-order valence-corrected chi connectivity index (χ3v) is 5.25. The van der Waals surface area contributed by atoms with Crippen LogP contribution < -0.4 is 14.8 Å². The third kappa shape index (κ3) is 6.47. The van der Waals surface area contributed by atoms with Crippen LogP contribution in [0.1, 0.15) is 23.6 Å². The van der Waals surface area contributed by atoms with Crippen LogP contribution in [0.2, 0.25) is 0 Å². The number of nitriles is 1. The van der Waals surface area contributed by atoms with Crippen molar-refractivity contribution in [1.29, 1.82) is 5.26 Å². The Kier molecular flexibility index (Phi) is 8.47. The Labute approximate surface area is 196 Å². The van der Waals surface area contributed by atoms with Gasteiger partial charge in [-0.25, -0.2) is 0 Å². The van der Waals surface area contributed by atoms with E-state index in [0.717, 1.165) is 11.1 Å². The minimum Gasteiger partial charge on any atom is -0.490 e. The van der Waals surface area contributed by atoms with Crippen molar-refractivity contribution in [1.82, 2.24) is 5.32 Å². The topological polar surface area (TPSA) is 71.3 Å². The first-order valence-electron chi connectivity index (χ1n) is 10.2. The van der Waals surface area contributed by atoms with Crippen molar-refractivity contribution in [3.63, 3.8) is 0 Å². The van der Waals surface area contributed by atoms with Crippen LogP contribution in [-0.4, -0.2) is 12.5 Å². The summed E-state index contributed by atoms with van der Waals surface area (Å²) in [5.41, 5.74) is 2.64. The van der Waals surface area contributed by atoms with Crippen molar-refractivity contribution < 1.29 is 14.3 Å². The zero-order valence-electron chi connectivity index (χ0n) is 17.7. The Hall–Kier alpha value is -3.56. The SMILES string of the molecule is CCOc1cc(/C=C(\C#N)C(=O)NCc2ccccc2)c(Br)cc1OCc1ccccc1. The monoisotopic (exact) mass is 490 g/mol. The van der Waals surface area contributed by atoms with E-state index in [2.05, 4.69) is 21.2 Å². The lowest BCUT2D eigenvalue weighted by atomic mass is 10.1. The van der Waals surface area contributed by atoms with Crippen LogP contribution in [0, 0.1) is 11.3 Å². The molecule has 0 spiro atoms. The van der Waals surface area contributed by atoms with Crippen LogP contribution in [0.4, 0.5) is 0 Å². The number of rotatable bonds is 9. The maximum absolute atomic E-state index is 12.5. The van der Waals surface area contributed by atoms with E-state index in [4.69, 9.17) is 9.47 Å². The van der Waals surface area contributed by atoms with Gasteiger partial charge in [-0.1, -0.05) is 76.6 Å². The molecule has 162 valence electrons. The molecule has 32 heavy (non-hydrogen) atoms. The molecule has 0 aromatic heterocycles. The molecule has 1 N–H and O–H groups in total. The average Bonchev–Trinajstić information content (AvgIpc) is 2.83. The minimum absolute atomic E-state index is 0.00188. The van der Waals surface area contributed by atoms with Crippen LogP contribution >= 0.6 is 15.9 Å². The zero-order valence-corrected chi connectivity index (χ0v) is 19.3. The maximum atomic E-state index is 12.5. The molecule has 0 unspecified atom stereocenters. The van der Waals surface area contributed by atoms with E-state index in [1.807, 2.05) is 73.7 Å². The smallest absolute Gasteiger partial charge is 0.262 e. The minimum atomic E-state index is -0.439. The van der Waals surface area contributed by atoms with Crippen molar-refractivity contribution in [2.45, 2.75) is 20.1 Å². The van der Waals surface area contributed by atoms with Crippen molar-refractivity contribution >= 4 is 27.9 Å². The molecular weight excluding hydrogens is 468 g/mol. The number of amides is 1. The molecule has 6 heteroatoms. The molecule has 3 rings (SSSR count). The highest BCUT2D eigenvalue weighted by Gasteiger charge is 2.14. The van der Waals surface area contributed by atoms with Gasteiger partial charge in [0.25, 0.3) is 5.91 Å². The van der Waals surface area contributed by atoms with Crippen molar-refractivity contribution in [3.8, 4) is 17.6 Å². The maximum Gasteiger partial charge on any atom is 0.262 e. The van der Waals surface area contributed by atoms with Gasteiger partial charge >= 0.3 is 0 Å². The number of carbonyl (C=O) groups is 1. The molecular formula is C26H23BrN2O3. The van der Waals surface area contributed by atoms with Crippen molar-refractivity contribution in [2.24, 2.45) is 0 Å². The van der Waals surface area contributed by atoms with Crippen LogP contribution in [0.3, 0.4) is 0 Å². The molecule has 0 radical (unpaired) electrons. The molecule has 5 nitrogen and oxygen atoms in total. The second-order valence-corrected chi connectivity index (χ2v) is 7.72. The Balaban J connectivity index is 1.79. The van der Waals surface area contributed by atoms with Crippen LogP contribution in [0.5, 0.6) is 11.5 Å². The predicted octanol–water partition coefficient (Wildman–Crippen LogP) is 5.65. The van der Waals surface area contributed by atoms with E-state index in [0.29, 0.717) is 41.3 Å². The number of benzene rings is 3. The fourth-order valence-corrected chi connectivity index (χ4v) is 3.39. The van der Waals surface area contributed by atoms with Crippen LogP contribution in [-0.2, 0) is 17.9 Å². The molecule has 0 heterocycles. The van der Waals surface area contributed by atoms with Gasteiger partial charge in [-0.3, -0.25) is 4.79 Å². The number of ether oxygens (including phenoxy) is 2. The van der Waals surface area contributed by atoms with Gasteiger partial charge in [0, 0.05) is 11.0 Å². The lowest BCUT2D eigenvalue weighted by molar-refractivity contribution is -0.117. The molecule has 0 aliphatic carbocycles. The Morgan fingerprint density at radius 2 is 1.62 bits per heavy atom. The summed E-state index contributed by atoms with van der Waals surface area (Å²) in [7, 11) is 0. The van der Waals surface area contributed by atoms with Gasteiger partial charge in [0.05, 0.1) is 6.61 Å². The molecule has 0 saturated heterocycles. The lowest BCUT2D eigenvalue weighted by Gasteiger charge is -2.14. The molecule has 0 aliphatic rings. The van der Waals surface area contributed by atoms with E-state index in [1.54, 1.807) is 12.1 Å². The van der Waals surface area contributed by atoms with E-state index in [-0.39, 0.29) is 5.57 Å². The molecule has 0 bridgehead atoms. The fraction of sp³-hybridized carbons (Fsp3) is 0.154. The van der Waals surface area contributed by atoms with E-state index in [9.17, 15) is 10.1 Å². The number of hydrogen-bond acceptors (Lipinski definition) is 4.